The molecule has 18 heavy (non-hydrogen) atoms. The summed E-state index contributed by atoms with van der Waals surface area (Å²) < 4.78 is 11.0. The predicted octanol–water partition coefficient (Wildman–Crippen LogP) is 3.22. The van der Waals surface area contributed by atoms with Crippen LogP contribution in [-0.4, -0.2) is 24.5 Å². The Morgan fingerprint density at radius 3 is 2.67 bits per heavy atom. The Hall–Kier alpha value is -0.940. The molecule has 1 N–H and O–H groups in total. The Labute approximate surface area is 119 Å². The van der Waals surface area contributed by atoms with Gasteiger partial charge in [-0.25, -0.2) is 0 Å². The standard InChI is InChI=1S/C12H13BrClNO3/c13-3-2-12(16)15-9-7-11-10(6-8(9)14)17-4-1-5-18-11/h6-7H,1-5H2,(H,15,16). The van der Waals surface area contributed by atoms with Gasteiger partial charge in [0.15, 0.2) is 11.5 Å². The monoisotopic (exact) mass is 333 g/mol. The van der Waals surface area contributed by atoms with Gasteiger partial charge in [-0.05, 0) is 0 Å². The highest BCUT2D eigenvalue weighted by Crippen LogP contribution is 2.37. The number of halogens is 2. The van der Waals surface area contributed by atoms with Crippen LogP contribution < -0.4 is 14.8 Å². The highest BCUT2D eigenvalue weighted by atomic mass is 79.9. The van der Waals surface area contributed by atoms with Crippen LogP contribution in [0.1, 0.15) is 12.8 Å². The smallest absolute Gasteiger partial charge is 0.225 e. The fraction of sp³-hybridized carbons (Fsp3) is 0.417. The number of carbonyl (C=O) groups excluding carboxylic acids is 1. The number of alkyl halides is 1. The highest BCUT2D eigenvalue weighted by Gasteiger charge is 2.15. The summed E-state index contributed by atoms with van der Waals surface area (Å²) in [6.07, 6.45) is 1.22. The van der Waals surface area contributed by atoms with Crippen molar-refractivity contribution >= 4 is 39.1 Å². The molecule has 0 saturated heterocycles. The molecule has 0 aromatic heterocycles. The lowest BCUT2D eigenvalue weighted by Crippen LogP contribution is -2.12. The largest absolute Gasteiger partial charge is 0.490 e. The first-order chi connectivity index (χ1) is 8.70. The summed E-state index contributed by atoms with van der Waals surface area (Å²) >= 11 is 9.31. The highest BCUT2D eigenvalue weighted by molar-refractivity contribution is 9.09. The van der Waals surface area contributed by atoms with E-state index in [-0.39, 0.29) is 5.91 Å². The van der Waals surface area contributed by atoms with Gasteiger partial charge in [0.05, 0.1) is 23.9 Å². The van der Waals surface area contributed by atoms with E-state index in [1.165, 1.54) is 0 Å². The van der Waals surface area contributed by atoms with Crippen LogP contribution in [-0.2, 0) is 4.79 Å². The molecule has 1 aromatic carbocycles. The van der Waals surface area contributed by atoms with Crippen LogP contribution in [0.4, 0.5) is 5.69 Å². The quantitative estimate of drug-likeness (QED) is 0.863. The van der Waals surface area contributed by atoms with E-state index in [9.17, 15) is 4.79 Å². The molecule has 6 heteroatoms. The summed E-state index contributed by atoms with van der Waals surface area (Å²) in [6, 6.07) is 3.38. The zero-order valence-corrected chi connectivity index (χ0v) is 12.0. The number of amides is 1. The number of carbonyl (C=O) groups is 1. The van der Waals surface area contributed by atoms with Gasteiger partial charge in [-0.2, -0.15) is 0 Å². The third kappa shape index (κ3) is 3.29. The average Bonchev–Trinajstić information content (AvgIpc) is 2.55. The summed E-state index contributed by atoms with van der Waals surface area (Å²) in [7, 11) is 0. The number of nitrogens with one attached hydrogen (secondary N) is 1. The van der Waals surface area contributed by atoms with Crippen LogP contribution in [0.2, 0.25) is 5.02 Å². The second-order valence-corrected chi connectivity index (χ2v) is 5.02. The number of fused-ring (bicyclic) bond motifs is 1. The molecule has 1 aliphatic heterocycles. The van der Waals surface area contributed by atoms with Crippen molar-refractivity contribution in [1.29, 1.82) is 0 Å². The maximum Gasteiger partial charge on any atom is 0.225 e. The summed E-state index contributed by atoms with van der Waals surface area (Å²) in [4.78, 5) is 11.5. The summed E-state index contributed by atoms with van der Waals surface area (Å²) in [5.74, 6) is 1.14. The number of anilines is 1. The third-order valence-electron chi connectivity index (χ3n) is 2.43. The lowest BCUT2D eigenvalue weighted by atomic mass is 10.2. The van der Waals surface area contributed by atoms with Gasteiger partial charge in [0.1, 0.15) is 0 Å². The fourth-order valence-electron chi connectivity index (χ4n) is 1.58. The topological polar surface area (TPSA) is 47.6 Å². The Bertz CT molecular complexity index is 453. The molecule has 0 saturated carbocycles. The van der Waals surface area contributed by atoms with E-state index in [1.54, 1.807) is 12.1 Å². The molecule has 2 rings (SSSR count). The van der Waals surface area contributed by atoms with E-state index in [0.717, 1.165) is 6.42 Å². The van der Waals surface area contributed by atoms with Crippen LogP contribution in [0.3, 0.4) is 0 Å². The van der Waals surface area contributed by atoms with Crippen molar-refractivity contribution in [2.24, 2.45) is 0 Å². The van der Waals surface area contributed by atoms with Gasteiger partial charge in [-0.1, -0.05) is 27.5 Å². The van der Waals surface area contributed by atoms with Crippen LogP contribution in [0, 0.1) is 0 Å². The van der Waals surface area contributed by atoms with Crippen molar-refractivity contribution < 1.29 is 14.3 Å². The van der Waals surface area contributed by atoms with Crippen molar-refractivity contribution in [3.8, 4) is 11.5 Å². The molecular weight excluding hydrogens is 321 g/mol. The first-order valence-electron chi connectivity index (χ1n) is 5.65. The Morgan fingerprint density at radius 2 is 2.00 bits per heavy atom. The maximum absolute atomic E-state index is 11.5. The second kappa shape index (κ2) is 6.29. The zero-order valence-electron chi connectivity index (χ0n) is 9.67. The number of rotatable bonds is 3. The Morgan fingerprint density at radius 1 is 1.33 bits per heavy atom. The van der Waals surface area contributed by atoms with E-state index in [4.69, 9.17) is 21.1 Å². The van der Waals surface area contributed by atoms with E-state index in [2.05, 4.69) is 21.2 Å². The van der Waals surface area contributed by atoms with E-state index < -0.39 is 0 Å². The minimum absolute atomic E-state index is 0.0942. The van der Waals surface area contributed by atoms with Gasteiger partial charge in [0.25, 0.3) is 0 Å². The van der Waals surface area contributed by atoms with Crippen LogP contribution in [0.5, 0.6) is 11.5 Å². The Kier molecular flexibility index (Phi) is 4.72. The van der Waals surface area contributed by atoms with E-state index >= 15 is 0 Å². The van der Waals surface area contributed by atoms with E-state index in [1.807, 2.05) is 0 Å². The minimum Gasteiger partial charge on any atom is -0.490 e. The van der Waals surface area contributed by atoms with Crippen LogP contribution in [0.15, 0.2) is 12.1 Å². The first-order valence-corrected chi connectivity index (χ1v) is 7.15. The lowest BCUT2D eigenvalue weighted by molar-refractivity contribution is -0.115. The van der Waals surface area contributed by atoms with Gasteiger partial charge >= 0.3 is 0 Å². The predicted molar refractivity (Wildman–Crippen MR) is 74.1 cm³/mol. The van der Waals surface area contributed by atoms with Gasteiger partial charge < -0.3 is 14.8 Å². The fourth-order valence-corrected chi connectivity index (χ4v) is 2.14. The molecule has 1 aromatic rings. The van der Waals surface area contributed by atoms with Crippen molar-refractivity contribution in [2.45, 2.75) is 12.8 Å². The molecule has 1 aliphatic rings. The number of hydrogen-bond acceptors (Lipinski definition) is 3. The molecule has 1 amide bonds. The van der Waals surface area contributed by atoms with Gasteiger partial charge in [-0.15, -0.1) is 0 Å². The van der Waals surface area contributed by atoms with Crippen molar-refractivity contribution in [3.05, 3.63) is 17.2 Å². The van der Waals surface area contributed by atoms with Crippen LogP contribution >= 0.6 is 27.5 Å². The SMILES string of the molecule is O=C(CCBr)Nc1cc2c(cc1Cl)OCCCO2. The number of benzene rings is 1. The third-order valence-corrected chi connectivity index (χ3v) is 3.14. The van der Waals surface area contributed by atoms with E-state index in [0.29, 0.717) is 47.2 Å². The first kappa shape index (κ1) is 13.5. The molecule has 0 atom stereocenters. The molecule has 0 radical (unpaired) electrons. The average molecular weight is 335 g/mol. The van der Waals surface area contributed by atoms with Gasteiger partial charge in [0, 0.05) is 30.3 Å². The van der Waals surface area contributed by atoms with Crippen LogP contribution in [0.25, 0.3) is 0 Å². The van der Waals surface area contributed by atoms with Gasteiger partial charge in [0.2, 0.25) is 5.91 Å². The molecule has 1 heterocycles. The molecule has 0 bridgehead atoms. The molecule has 4 nitrogen and oxygen atoms in total. The van der Waals surface area contributed by atoms with Crippen molar-refractivity contribution in [2.75, 3.05) is 23.9 Å². The summed E-state index contributed by atoms with van der Waals surface area (Å²) in [5, 5.41) is 3.80. The molecular formula is C12H13BrClNO3. The number of ether oxygens (including phenoxy) is 2. The Balaban J connectivity index is 2.21. The van der Waals surface area contributed by atoms with Crippen molar-refractivity contribution in [3.63, 3.8) is 0 Å². The van der Waals surface area contributed by atoms with Crippen molar-refractivity contribution in [1.82, 2.24) is 0 Å². The maximum atomic E-state index is 11.5. The molecule has 0 spiro atoms. The summed E-state index contributed by atoms with van der Waals surface area (Å²) in [5.41, 5.74) is 0.548. The second-order valence-electron chi connectivity index (χ2n) is 3.82. The summed E-state index contributed by atoms with van der Waals surface area (Å²) in [6.45, 7) is 1.21. The molecule has 98 valence electrons. The zero-order chi connectivity index (χ0) is 13.0. The minimum atomic E-state index is -0.0942. The molecule has 0 aliphatic carbocycles. The number of hydrogen-bond donors (Lipinski definition) is 1. The molecule has 0 unspecified atom stereocenters. The van der Waals surface area contributed by atoms with Gasteiger partial charge in [-0.3, -0.25) is 4.79 Å². The normalized spacial score (nSPS) is 13.9. The lowest BCUT2D eigenvalue weighted by Gasteiger charge is -2.12. The molecule has 0 fully saturated rings.